The summed E-state index contributed by atoms with van der Waals surface area (Å²) < 4.78 is 12.7. The Morgan fingerprint density at radius 2 is 1.86 bits per heavy atom. The molecule has 0 amide bonds. The van der Waals surface area contributed by atoms with Crippen LogP contribution in [0.3, 0.4) is 0 Å². The van der Waals surface area contributed by atoms with Crippen molar-refractivity contribution in [1.29, 1.82) is 0 Å². The first-order valence-corrected chi connectivity index (χ1v) is 12.9. The van der Waals surface area contributed by atoms with Gasteiger partial charge >= 0.3 is 0 Å². The molecule has 1 aromatic carbocycles. The molecule has 0 saturated heterocycles. The van der Waals surface area contributed by atoms with Crippen LogP contribution in [0.4, 0.5) is 0 Å². The van der Waals surface area contributed by atoms with Crippen molar-refractivity contribution in [2.45, 2.75) is 51.4 Å². The van der Waals surface area contributed by atoms with E-state index in [2.05, 4.69) is 49.8 Å². The van der Waals surface area contributed by atoms with E-state index in [1.54, 1.807) is 24.3 Å². The van der Waals surface area contributed by atoms with Crippen LogP contribution < -0.4 is 5.43 Å². The number of aromatic hydroxyl groups is 1. The van der Waals surface area contributed by atoms with Crippen LogP contribution in [0.1, 0.15) is 43.8 Å². The van der Waals surface area contributed by atoms with E-state index < -0.39 is 36.9 Å². The van der Waals surface area contributed by atoms with Gasteiger partial charge in [-0.15, -0.1) is 0 Å². The molecule has 0 saturated carbocycles. The number of rotatable bonds is 7. The summed E-state index contributed by atoms with van der Waals surface area (Å²) >= 11 is 3.32. The van der Waals surface area contributed by atoms with Gasteiger partial charge in [0.25, 0.3) is 0 Å². The normalized spacial score (nSPS) is 13.3. The third kappa shape index (κ3) is 5.77. The third-order valence-corrected chi connectivity index (χ3v) is 10.3. The van der Waals surface area contributed by atoms with E-state index in [1.165, 1.54) is 6.07 Å². The molecule has 9 heteroatoms. The summed E-state index contributed by atoms with van der Waals surface area (Å²) in [5.41, 5.74) is -0.0867. The second kappa shape index (κ2) is 8.81. The van der Waals surface area contributed by atoms with Crippen molar-refractivity contribution in [3.8, 4) is 5.75 Å². The van der Waals surface area contributed by atoms with E-state index in [9.17, 15) is 20.0 Å². The zero-order chi connectivity index (χ0) is 22.0. The van der Waals surface area contributed by atoms with Gasteiger partial charge in [-0.2, -0.15) is 0 Å². The van der Waals surface area contributed by atoms with Crippen molar-refractivity contribution in [1.82, 2.24) is 0 Å². The number of halogens is 1. The molecule has 1 N–H and O–H groups in total. The van der Waals surface area contributed by atoms with Gasteiger partial charge in [0.05, 0.1) is 6.61 Å². The predicted octanol–water partition coefficient (Wildman–Crippen LogP) is 5.04. The number of hydrogen-bond acceptors (Lipinski definition) is 6. The largest absolute Gasteiger partial charge is 0.502 e. The molecule has 1 aromatic heterocycles. The molecular formula is C20H26BrNO6Si. The van der Waals surface area contributed by atoms with Crippen LogP contribution in [0, 0.1) is 10.1 Å². The highest BCUT2D eigenvalue weighted by Gasteiger charge is 2.37. The van der Waals surface area contributed by atoms with E-state index in [0.717, 1.165) is 4.47 Å². The molecule has 0 aliphatic heterocycles. The second-order valence-electron chi connectivity index (χ2n) is 8.46. The molecule has 2 aromatic rings. The molecule has 0 aliphatic rings. The Hall–Kier alpha value is -1.97. The van der Waals surface area contributed by atoms with Gasteiger partial charge in [0.1, 0.15) is 11.7 Å². The van der Waals surface area contributed by atoms with E-state index in [0.29, 0.717) is 5.56 Å². The molecule has 158 valence electrons. The van der Waals surface area contributed by atoms with Gasteiger partial charge in [-0.05, 0) is 35.8 Å². The van der Waals surface area contributed by atoms with Gasteiger partial charge in [-0.25, -0.2) is 0 Å². The maximum Gasteiger partial charge on any atom is 0.227 e. The van der Waals surface area contributed by atoms with E-state index in [-0.39, 0.29) is 23.2 Å². The van der Waals surface area contributed by atoms with E-state index >= 15 is 0 Å². The Kier molecular flexibility index (Phi) is 7.08. The molecule has 0 spiro atoms. The van der Waals surface area contributed by atoms with Gasteiger partial charge in [0.15, 0.2) is 14.1 Å². The maximum atomic E-state index is 12.3. The highest BCUT2D eigenvalue weighted by molar-refractivity contribution is 9.10. The van der Waals surface area contributed by atoms with Crippen molar-refractivity contribution in [3.05, 3.63) is 72.2 Å². The first-order valence-electron chi connectivity index (χ1n) is 9.19. The van der Waals surface area contributed by atoms with Gasteiger partial charge in [0.2, 0.25) is 17.7 Å². The molecular weight excluding hydrogens is 458 g/mol. The highest BCUT2D eigenvalue weighted by atomic mass is 79.9. The molecule has 1 heterocycles. The van der Waals surface area contributed by atoms with Crippen LogP contribution in [-0.2, 0) is 11.0 Å². The lowest BCUT2D eigenvalue weighted by atomic mass is 9.95. The lowest BCUT2D eigenvalue weighted by Gasteiger charge is -2.35. The fourth-order valence-corrected chi connectivity index (χ4v) is 3.71. The van der Waals surface area contributed by atoms with Gasteiger partial charge < -0.3 is 13.9 Å². The molecule has 29 heavy (non-hydrogen) atoms. The topological polar surface area (TPSA) is 103 Å². The molecule has 0 aliphatic carbocycles. The zero-order valence-electron chi connectivity index (χ0n) is 17.2. The van der Waals surface area contributed by atoms with E-state index in [4.69, 9.17) is 8.84 Å². The maximum absolute atomic E-state index is 12.3. The Morgan fingerprint density at radius 1 is 1.28 bits per heavy atom. The van der Waals surface area contributed by atoms with Crippen LogP contribution in [0.25, 0.3) is 0 Å². The SMILES string of the molecule is CC(C)(C)[Si](C)(C)OCc1cc(=O)c(O)c([C@H](C[N+](=O)[O-])c2ccc(Br)cc2)o1. The number of hydrogen-bond donors (Lipinski definition) is 1. The molecule has 1 atom stereocenters. The quantitative estimate of drug-likeness (QED) is 0.336. The Balaban J connectivity index is 2.45. The lowest BCUT2D eigenvalue weighted by Crippen LogP contribution is -2.40. The van der Waals surface area contributed by atoms with Crippen molar-refractivity contribution >= 4 is 24.2 Å². The first kappa shape index (κ1) is 23.3. The zero-order valence-corrected chi connectivity index (χ0v) is 19.8. The number of nitro groups is 1. The molecule has 0 bridgehead atoms. The monoisotopic (exact) mass is 483 g/mol. The predicted molar refractivity (Wildman–Crippen MR) is 116 cm³/mol. The van der Waals surface area contributed by atoms with Crippen LogP contribution in [-0.4, -0.2) is 24.9 Å². The fraction of sp³-hybridized carbons (Fsp3) is 0.450. The summed E-state index contributed by atoms with van der Waals surface area (Å²) in [6.07, 6.45) is 0. The minimum atomic E-state index is -2.10. The summed E-state index contributed by atoms with van der Waals surface area (Å²) in [5.74, 6) is -1.40. The molecule has 2 rings (SSSR count). The standard InChI is InChI=1S/C20H26BrNO6Si/c1-20(2,3)29(4,5)27-12-15-10-17(23)18(24)19(28-15)16(11-22(25)26)13-6-8-14(21)9-7-13/h6-10,16,24H,11-12H2,1-5H3/t16-/m1/s1. The van der Waals surface area contributed by atoms with E-state index in [1.807, 2.05) is 0 Å². The second-order valence-corrected chi connectivity index (χ2v) is 14.2. The molecule has 7 nitrogen and oxygen atoms in total. The minimum absolute atomic E-state index is 0.0291. The van der Waals surface area contributed by atoms with Crippen molar-refractivity contribution < 1.29 is 18.9 Å². The van der Waals surface area contributed by atoms with Gasteiger partial charge in [-0.3, -0.25) is 14.9 Å². The Bertz CT molecular complexity index is 933. The van der Waals surface area contributed by atoms with Crippen LogP contribution in [0.15, 0.2) is 44.0 Å². The smallest absolute Gasteiger partial charge is 0.227 e. The third-order valence-electron chi connectivity index (χ3n) is 5.30. The van der Waals surface area contributed by atoms with Gasteiger partial charge in [-0.1, -0.05) is 48.8 Å². The van der Waals surface area contributed by atoms with Crippen LogP contribution in [0.2, 0.25) is 18.1 Å². The summed E-state index contributed by atoms with van der Waals surface area (Å²) in [6.45, 7) is 9.97. The van der Waals surface area contributed by atoms with Crippen molar-refractivity contribution in [3.63, 3.8) is 0 Å². The van der Waals surface area contributed by atoms with Crippen molar-refractivity contribution in [2.75, 3.05) is 6.54 Å². The number of nitrogens with zero attached hydrogens (tertiary/aromatic N) is 1. The summed E-state index contributed by atoms with van der Waals surface area (Å²) in [7, 11) is -2.10. The molecule has 0 fully saturated rings. The van der Waals surface area contributed by atoms with Gasteiger partial charge in [0, 0.05) is 15.5 Å². The Morgan fingerprint density at radius 3 is 2.38 bits per heavy atom. The molecule has 0 unspecified atom stereocenters. The summed E-state index contributed by atoms with van der Waals surface area (Å²) in [4.78, 5) is 23.1. The molecule has 0 radical (unpaired) electrons. The average Bonchev–Trinajstić information content (AvgIpc) is 2.60. The first-order chi connectivity index (χ1) is 13.3. The van der Waals surface area contributed by atoms with Crippen molar-refractivity contribution in [2.24, 2.45) is 0 Å². The summed E-state index contributed by atoms with van der Waals surface area (Å²) in [5, 5.41) is 21.5. The highest BCUT2D eigenvalue weighted by Crippen LogP contribution is 2.37. The summed E-state index contributed by atoms with van der Waals surface area (Å²) in [6, 6.07) is 8.04. The minimum Gasteiger partial charge on any atom is -0.502 e. The fourth-order valence-electron chi connectivity index (χ4n) is 2.51. The van der Waals surface area contributed by atoms with Crippen LogP contribution >= 0.6 is 15.9 Å². The average molecular weight is 484 g/mol. The number of benzene rings is 1. The Labute approximate surface area is 179 Å². The lowest BCUT2D eigenvalue weighted by molar-refractivity contribution is -0.482. The van der Waals surface area contributed by atoms with Crippen LogP contribution in [0.5, 0.6) is 5.75 Å².